The average Bonchev–Trinajstić information content (AvgIpc) is 2.51. The van der Waals surface area contributed by atoms with Gasteiger partial charge in [-0.25, -0.2) is 0 Å². The molecule has 15 heavy (non-hydrogen) atoms. The summed E-state index contributed by atoms with van der Waals surface area (Å²) in [5.74, 6) is 0.122. The molecule has 1 aromatic heterocycles. The number of nitrogens with one attached hydrogen (secondary N) is 2. The van der Waals surface area contributed by atoms with Crippen molar-refractivity contribution < 1.29 is 9.21 Å². The second-order valence-electron chi connectivity index (χ2n) is 3.25. The Morgan fingerprint density at radius 3 is 2.93 bits per heavy atom. The van der Waals surface area contributed by atoms with Crippen LogP contribution in [0.1, 0.15) is 19.2 Å². The van der Waals surface area contributed by atoms with Gasteiger partial charge >= 0.3 is 6.01 Å². The number of hydrogen-bond donors (Lipinski definition) is 3. The van der Waals surface area contributed by atoms with E-state index in [1.54, 1.807) is 7.05 Å². The third kappa shape index (κ3) is 3.94. The van der Waals surface area contributed by atoms with Gasteiger partial charge in [0.15, 0.2) is 0 Å². The highest BCUT2D eigenvalue weighted by Crippen LogP contribution is 2.07. The summed E-state index contributed by atoms with van der Waals surface area (Å²) in [6.45, 7) is 2.32. The minimum absolute atomic E-state index is 0.120. The zero-order chi connectivity index (χ0) is 11.3. The Kier molecular flexibility index (Phi) is 4.04. The number of rotatable bonds is 6. The molecule has 4 N–H and O–H groups in total. The predicted octanol–water partition coefficient (Wildman–Crippen LogP) is -0.535. The number of nitrogens with zero attached hydrogens (tertiary/aromatic N) is 2. The van der Waals surface area contributed by atoms with Crippen LogP contribution < -0.4 is 16.4 Å². The number of aromatic nitrogens is 2. The zero-order valence-electron chi connectivity index (χ0n) is 8.78. The van der Waals surface area contributed by atoms with E-state index >= 15 is 0 Å². The third-order valence-electron chi connectivity index (χ3n) is 1.67. The number of amides is 1. The fourth-order valence-electron chi connectivity index (χ4n) is 1.10. The highest BCUT2D eigenvalue weighted by atomic mass is 16.4. The maximum atomic E-state index is 10.6. The second kappa shape index (κ2) is 5.30. The van der Waals surface area contributed by atoms with E-state index in [-0.39, 0.29) is 18.4 Å². The first-order valence-electron chi connectivity index (χ1n) is 4.63. The van der Waals surface area contributed by atoms with Gasteiger partial charge in [-0.1, -0.05) is 5.10 Å². The summed E-state index contributed by atoms with van der Waals surface area (Å²) < 4.78 is 5.23. The molecule has 0 bridgehead atoms. The Hall–Kier alpha value is -1.63. The minimum atomic E-state index is -0.370. The van der Waals surface area contributed by atoms with Gasteiger partial charge in [0.1, 0.15) is 0 Å². The van der Waals surface area contributed by atoms with Crippen LogP contribution in [0, 0.1) is 0 Å². The van der Waals surface area contributed by atoms with Gasteiger partial charge in [-0.05, 0) is 14.0 Å². The van der Waals surface area contributed by atoms with Crippen molar-refractivity contribution in [2.75, 3.05) is 12.4 Å². The quantitative estimate of drug-likeness (QED) is 0.586. The van der Waals surface area contributed by atoms with Crippen LogP contribution in [0.5, 0.6) is 0 Å². The van der Waals surface area contributed by atoms with Gasteiger partial charge in [0, 0.05) is 12.5 Å². The third-order valence-corrected chi connectivity index (χ3v) is 1.67. The Morgan fingerprint density at radius 1 is 1.60 bits per heavy atom. The number of nitrogens with two attached hydrogens (primary N) is 1. The van der Waals surface area contributed by atoms with Crippen molar-refractivity contribution in [3.63, 3.8) is 0 Å². The van der Waals surface area contributed by atoms with Crippen LogP contribution in [0.25, 0.3) is 0 Å². The van der Waals surface area contributed by atoms with Crippen molar-refractivity contribution in [3.8, 4) is 0 Å². The van der Waals surface area contributed by atoms with E-state index in [0.717, 1.165) is 0 Å². The lowest BCUT2D eigenvalue weighted by atomic mass is 10.2. The summed E-state index contributed by atoms with van der Waals surface area (Å²) in [6, 6.07) is 0.180. The molecule has 7 nitrogen and oxygen atoms in total. The maximum absolute atomic E-state index is 10.6. The van der Waals surface area contributed by atoms with E-state index in [9.17, 15) is 4.79 Å². The van der Waals surface area contributed by atoms with Crippen molar-refractivity contribution in [1.29, 1.82) is 0 Å². The van der Waals surface area contributed by atoms with E-state index in [4.69, 9.17) is 10.2 Å². The van der Waals surface area contributed by atoms with Gasteiger partial charge in [0.05, 0.1) is 6.54 Å². The van der Waals surface area contributed by atoms with Crippen LogP contribution in [-0.2, 0) is 11.3 Å². The summed E-state index contributed by atoms with van der Waals surface area (Å²) in [5.41, 5.74) is 5.04. The molecule has 0 fully saturated rings. The van der Waals surface area contributed by atoms with Crippen molar-refractivity contribution in [2.45, 2.75) is 25.9 Å². The first-order valence-corrected chi connectivity index (χ1v) is 4.63. The molecule has 84 valence electrons. The second-order valence-corrected chi connectivity index (χ2v) is 3.25. The van der Waals surface area contributed by atoms with Gasteiger partial charge in [0.25, 0.3) is 0 Å². The SMILES string of the molecule is CNCc1nnc(NC(C)CC(N)=O)o1. The molecule has 1 heterocycles. The van der Waals surface area contributed by atoms with Crippen LogP contribution in [-0.4, -0.2) is 29.2 Å². The van der Waals surface area contributed by atoms with Crippen LogP contribution in [0.2, 0.25) is 0 Å². The Bertz CT molecular complexity index is 325. The molecule has 0 aliphatic carbocycles. The molecule has 1 unspecified atom stereocenters. The lowest BCUT2D eigenvalue weighted by Gasteiger charge is -2.08. The summed E-state index contributed by atoms with van der Waals surface area (Å²) in [5, 5.41) is 13.3. The van der Waals surface area contributed by atoms with Crippen molar-refractivity contribution in [1.82, 2.24) is 15.5 Å². The Balaban J connectivity index is 2.45. The van der Waals surface area contributed by atoms with E-state index in [1.807, 2.05) is 6.92 Å². The predicted molar refractivity (Wildman–Crippen MR) is 54.0 cm³/mol. The van der Waals surface area contributed by atoms with Crippen LogP contribution in [0.15, 0.2) is 4.42 Å². The van der Waals surface area contributed by atoms with Gasteiger partial charge in [-0.2, -0.15) is 0 Å². The summed E-state index contributed by atoms with van der Waals surface area (Å²) in [7, 11) is 1.78. The van der Waals surface area contributed by atoms with Crippen molar-refractivity contribution in [3.05, 3.63) is 5.89 Å². The number of hydrogen-bond acceptors (Lipinski definition) is 6. The highest BCUT2D eigenvalue weighted by molar-refractivity contribution is 5.74. The van der Waals surface area contributed by atoms with Gasteiger partial charge < -0.3 is 20.8 Å². The first-order chi connectivity index (χ1) is 7.11. The van der Waals surface area contributed by atoms with Crippen molar-refractivity contribution >= 4 is 11.9 Å². The number of carbonyl (C=O) groups is 1. The Morgan fingerprint density at radius 2 is 2.33 bits per heavy atom. The van der Waals surface area contributed by atoms with Gasteiger partial charge in [-0.15, -0.1) is 5.10 Å². The summed E-state index contributed by atoms with van der Waals surface area (Å²) in [4.78, 5) is 10.6. The summed E-state index contributed by atoms with van der Waals surface area (Å²) in [6.07, 6.45) is 0.226. The molecule has 1 amide bonds. The van der Waals surface area contributed by atoms with Crippen LogP contribution in [0.3, 0.4) is 0 Å². The lowest BCUT2D eigenvalue weighted by molar-refractivity contribution is -0.118. The Labute approximate surface area is 87.4 Å². The number of primary amides is 1. The van der Waals surface area contributed by atoms with E-state index < -0.39 is 0 Å². The molecule has 0 aromatic carbocycles. The molecule has 1 rings (SSSR count). The molecule has 0 saturated heterocycles. The molecule has 0 aliphatic heterocycles. The molecule has 0 aliphatic rings. The largest absolute Gasteiger partial charge is 0.407 e. The molecule has 0 saturated carbocycles. The number of anilines is 1. The molecule has 0 spiro atoms. The van der Waals surface area contributed by atoms with Crippen LogP contribution in [0.4, 0.5) is 6.01 Å². The summed E-state index contributed by atoms with van der Waals surface area (Å²) >= 11 is 0. The fourth-order valence-corrected chi connectivity index (χ4v) is 1.10. The maximum Gasteiger partial charge on any atom is 0.315 e. The van der Waals surface area contributed by atoms with Gasteiger partial charge in [-0.3, -0.25) is 4.79 Å². The van der Waals surface area contributed by atoms with E-state index in [0.29, 0.717) is 18.5 Å². The van der Waals surface area contributed by atoms with E-state index in [2.05, 4.69) is 20.8 Å². The van der Waals surface area contributed by atoms with Crippen molar-refractivity contribution in [2.24, 2.45) is 5.73 Å². The zero-order valence-corrected chi connectivity index (χ0v) is 8.78. The van der Waals surface area contributed by atoms with E-state index in [1.165, 1.54) is 0 Å². The lowest BCUT2D eigenvalue weighted by Crippen LogP contribution is -2.24. The van der Waals surface area contributed by atoms with Crippen LogP contribution >= 0.6 is 0 Å². The normalized spacial score (nSPS) is 12.4. The average molecular weight is 213 g/mol. The minimum Gasteiger partial charge on any atom is -0.407 e. The topological polar surface area (TPSA) is 106 Å². The molecule has 1 aromatic rings. The highest BCUT2D eigenvalue weighted by Gasteiger charge is 2.10. The number of carbonyl (C=O) groups excluding carboxylic acids is 1. The standard InChI is InChI=1S/C8H15N5O2/c1-5(3-6(9)14)11-8-13-12-7(15-8)4-10-2/h5,10H,3-4H2,1-2H3,(H2,9,14)(H,11,13). The fraction of sp³-hybridized carbons (Fsp3) is 0.625. The first kappa shape index (κ1) is 11.4. The molecule has 0 radical (unpaired) electrons. The molecular formula is C8H15N5O2. The monoisotopic (exact) mass is 213 g/mol. The molecule has 1 atom stereocenters. The smallest absolute Gasteiger partial charge is 0.315 e. The molecule has 7 heteroatoms. The molecular weight excluding hydrogens is 198 g/mol. The van der Waals surface area contributed by atoms with Gasteiger partial charge in [0.2, 0.25) is 11.8 Å².